The highest BCUT2D eigenvalue weighted by molar-refractivity contribution is 7.20. The molecule has 0 radical (unpaired) electrons. The molecule has 2 aromatic heterocycles. The van der Waals surface area contributed by atoms with Crippen LogP contribution < -0.4 is 10.9 Å². The summed E-state index contributed by atoms with van der Waals surface area (Å²) in [4.78, 5) is 31.4. The van der Waals surface area contributed by atoms with Gasteiger partial charge in [0.15, 0.2) is 0 Å². The fourth-order valence-corrected chi connectivity index (χ4v) is 4.49. The van der Waals surface area contributed by atoms with E-state index >= 15 is 0 Å². The zero-order chi connectivity index (χ0) is 20.4. The SMILES string of the molecule is CCn1cnc2sc(C(=O)NC(c3ccccc3)c3ccccc3)c(C)c2c1=O. The van der Waals surface area contributed by atoms with Gasteiger partial charge in [0.05, 0.1) is 22.6 Å². The van der Waals surface area contributed by atoms with Crippen molar-refractivity contribution in [2.24, 2.45) is 0 Å². The first-order chi connectivity index (χ1) is 14.1. The third-order valence-corrected chi connectivity index (χ3v) is 6.20. The molecule has 146 valence electrons. The fraction of sp³-hybridized carbons (Fsp3) is 0.174. The standard InChI is InChI=1S/C23H21N3O2S/c1-3-26-14-24-22-18(23(26)28)15(2)20(29-22)21(27)25-19(16-10-6-4-7-11-16)17-12-8-5-9-13-17/h4-14,19H,3H2,1-2H3,(H,25,27). The number of carbonyl (C=O) groups is 1. The molecule has 4 aromatic rings. The van der Waals surface area contributed by atoms with E-state index in [0.717, 1.165) is 11.1 Å². The summed E-state index contributed by atoms with van der Waals surface area (Å²) >= 11 is 1.26. The second-order valence-corrected chi connectivity index (χ2v) is 7.80. The minimum Gasteiger partial charge on any atom is -0.340 e. The lowest BCUT2D eigenvalue weighted by Gasteiger charge is -2.19. The lowest BCUT2D eigenvalue weighted by atomic mass is 9.98. The van der Waals surface area contributed by atoms with Crippen LogP contribution in [-0.2, 0) is 6.54 Å². The van der Waals surface area contributed by atoms with E-state index in [1.807, 2.05) is 74.5 Å². The predicted molar refractivity (Wildman–Crippen MR) is 116 cm³/mol. The third-order valence-electron chi connectivity index (χ3n) is 5.01. The molecule has 4 rings (SSSR count). The molecule has 1 N–H and O–H groups in total. The number of hydrogen-bond acceptors (Lipinski definition) is 4. The molecular weight excluding hydrogens is 382 g/mol. The fourth-order valence-electron chi connectivity index (χ4n) is 3.45. The molecule has 5 nitrogen and oxygen atoms in total. The Balaban J connectivity index is 1.74. The lowest BCUT2D eigenvalue weighted by Crippen LogP contribution is -2.29. The highest BCUT2D eigenvalue weighted by Gasteiger charge is 2.23. The molecule has 0 unspecified atom stereocenters. The van der Waals surface area contributed by atoms with Crippen LogP contribution in [0.4, 0.5) is 0 Å². The van der Waals surface area contributed by atoms with Crippen molar-refractivity contribution in [2.75, 3.05) is 0 Å². The summed E-state index contributed by atoms with van der Waals surface area (Å²) in [7, 11) is 0. The van der Waals surface area contributed by atoms with Gasteiger partial charge in [0.25, 0.3) is 11.5 Å². The van der Waals surface area contributed by atoms with Crippen LogP contribution in [0.15, 0.2) is 71.8 Å². The van der Waals surface area contributed by atoms with Crippen LogP contribution in [0.25, 0.3) is 10.2 Å². The summed E-state index contributed by atoms with van der Waals surface area (Å²) in [6.07, 6.45) is 1.54. The van der Waals surface area contributed by atoms with Gasteiger partial charge in [-0.3, -0.25) is 14.2 Å². The summed E-state index contributed by atoms with van der Waals surface area (Å²) < 4.78 is 1.56. The average Bonchev–Trinajstić information content (AvgIpc) is 3.11. The first-order valence-corrected chi connectivity index (χ1v) is 10.3. The van der Waals surface area contributed by atoms with Crippen molar-refractivity contribution in [1.29, 1.82) is 0 Å². The Morgan fingerprint density at radius 2 is 1.66 bits per heavy atom. The van der Waals surface area contributed by atoms with E-state index in [9.17, 15) is 9.59 Å². The first-order valence-electron chi connectivity index (χ1n) is 9.49. The normalized spacial score (nSPS) is 11.1. The molecule has 1 amide bonds. The molecule has 0 spiro atoms. The lowest BCUT2D eigenvalue weighted by molar-refractivity contribution is 0.0946. The minimum atomic E-state index is -0.283. The van der Waals surface area contributed by atoms with E-state index in [-0.39, 0.29) is 17.5 Å². The number of benzene rings is 2. The maximum absolute atomic E-state index is 13.2. The summed E-state index contributed by atoms with van der Waals surface area (Å²) in [6, 6.07) is 19.4. The van der Waals surface area contributed by atoms with Crippen LogP contribution in [0.2, 0.25) is 0 Å². The molecule has 2 aromatic carbocycles. The van der Waals surface area contributed by atoms with Gasteiger partial charge in [0.2, 0.25) is 0 Å². The highest BCUT2D eigenvalue weighted by Crippen LogP contribution is 2.29. The quantitative estimate of drug-likeness (QED) is 0.540. The van der Waals surface area contributed by atoms with Crippen molar-refractivity contribution >= 4 is 27.5 Å². The van der Waals surface area contributed by atoms with E-state index in [0.29, 0.717) is 27.2 Å². The Morgan fingerprint density at radius 3 is 2.21 bits per heavy atom. The van der Waals surface area contributed by atoms with Gasteiger partial charge in [-0.25, -0.2) is 4.98 Å². The van der Waals surface area contributed by atoms with Gasteiger partial charge >= 0.3 is 0 Å². The van der Waals surface area contributed by atoms with Crippen molar-refractivity contribution in [1.82, 2.24) is 14.9 Å². The van der Waals surface area contributed by atoms with Gasteiger partial charge in [-0.05, 0) is 30.5 Å². The minimum absolute atomic E-state index is 0.104. The molecule has 0 bridgehead atoms. The van der Waals surface area contributed by atoms with Crippen molar-refractivity contribution < 1.29 is 4.79 Å². The molecule has 29 heavy (non-hydrogen) atoms. The van der Waals surface area contributed by atoms with Crippen LogP contribution in [0.1, 0.15) is 39.3 Å². The number of nitrogens with one attached hydrogen (secondary N) is 1. The predicted octanol–water partition coefficient (Wildman–Crippen LogP) is 4.31. The number of hydrogen-bond donors (Lipinski definition) is 1. The molecule has 2 heterocycles. The Bertz CT molecular complexity index is 1170. The molecule has 6 heteroatoms. The second-order valence-electron chi connectivity index (χ2n) is 6.80. The van der Waals surface area contributed by atoms with Crippen LogP contribution in [0.5, 0.6) is 0 Å². The second kappa shape index (κ2) is 8.01. The number of carbonyl (C=O) groups excluding carboxylic acids is 1. The zero-order valence-corrected chi connectivity index (χ0v) is 17.1. The van der Waals surface area contributed by atoms with Gasteiger partial charge < -0.3 is 5.32 Å². The number of fused-ring (bicyclic) bond motifs is 1. The average molecular weight is 404 g/mol. The number of aryl methyl sites for hydroxylation is 2. The van der Waals surface area contributed by atoms with E-state index in [1.165, 1.54) is 11.3 Å². The molecule has 0 aliphatic heterocycles. The van der Waals surface area contributed by atoms with Gasteiger partial charge in [0, 0.05) is 6.54 Å². The van der Waals surface area contributed by atoms with Crippen molar-refractivity contribution in [3.63, 3.8) is 0 Å². The number of thiophene rings is 1. The van der Waals surface area contributed by atoms with Crippen LogP contribution in [0.3, 0.4) is 0 Å². The smallest absolute Gasteiger partial charge is 0.262 e. The van der Waals surface area contributed by atoms with E-state index in [2.05, 4.69) is 10.3 Å². The van der Waals surface area contributed by atoms with Gasteiger partial charge in [-0.1, -0.05) is 60.7 Å². The molecule has 0 aliphatic rings. The Morgan fingerprint density at radius 1 is 1.07 bits per heavy atom. The number of aromatic nitrogens is 2. The van der Waals surface area contributed by atoms with Crippen LogP contribution >= 0.6 is 11.3 Å². The summed E-state index contributed by atoms with van der Waals surface area (Å²) in [5, 5.41) is 3.68. The van der Waals surface area contributed by atoms with Gasteiger partial charge in [-0.15, -0.1) is 11.3 Å². The highest BCUT2D eigenvalue weighted by atomic mass is 32.1. The van der Waals surface area contributed by atoms with Gasteiger partial charge in [0.1, 0.15) is 4.83 Å². The Kier molecular flexibility index (Phi) is 5.27. The van der Waals surface area contributed by atoms with E-state index < -0.39 is 0 Å². The van der Waals surface area contributed by atoms with E-state index in [4.69, 9.17) is 0 Å². The molecule has 0 saturated carbocycles. The maximum atomic E-state index is 13.2. The van der Waals surface area contributed by atoms with E-state index in [1.54, 1.807) is 10.9 Å². The first kappa shape index (κ1) is 19.1. The van der Waals surface area contributed by atoms with Crippen molar-refractivity contribution in [3.05, 3.63) is 98.9 Å². The maximum Gasteiger partial charge on any atom is 0.262 e. The number of amides is 1. The molecule has 0 saturated heterocycles. The topological polar surface area (TPSA) is 64.0 Å². The molecule has 0 aliphatic carbocycles. The van der Waals surface area contributed by atoms with Crippen LogP contribution in [-0.4, -0.2) is 15.5 Å². The molecule has 0 atom stereocenters. The monoisotopic (exact) mass is 403 g/mol. The van der Waals surface area contributed by atoms with Crippen molar-refractivity contribution in [3.8, 4) is 0 Å². The number of rotatable bonds is 5. The largest absolute Gasteiger partial charge is 0.340 e. The summed E-state index contributed by atoms with van der Waals surface area (Å²) in [5.41, 5.74) is 2.57. The summed E-state index contributed by atoms with van der Waals surface area (Å²) in [5.74, 6) is -0.203. The number of nitrogens with zero attached hydrogens (tertiary/aromatic N) is 2. The Hall–Kier alpha value is -3.25. The molecule has 0 fully saturated rings. The Labute approximate surface area is 172 Å². The molecular formula is C23H21N3O2S. The van der Waals surface area contributed by atoms with Crippen molar-refractivity contribution in [2.45, 2.75) is 26.4 Å². The van der Waals surface area contributed by atoms with Gasteiger partial charge in [-0.2, -0.15) is 0 Å². The zero-order valence-electron chi connectivity index (χ0n) is 16.3. The van der Waals surface area contributed by atoms with Crippen LogP contribution in [0, 0.1) is 6.92 Å². The third kappa shape index (κ3) is 3.59. The summed E-state index contributed by atoms with van der Waals surface area (Å²) in [6.45, 7) is 4.26.